The highest BCUT2D eigenvalue weighted by atomic mass is 16.5. The molecule has 1 rings (SSSR count). The zero-order valence-corrected chi connectivity index (χ0v) is 13.5. The molecule has 0 aliphatic rings. The van der Waals surface area contributed by atoms with E-state index in [2.05, 4.69) is 51.2 Å². The molecule has 0 aromatic heterocycles. The quantitative estimate of drug-likeness (QED) is 0.739. The average Bonchev–Trinajstić information content (AvgIpc) is 2.46. The van der Waals surface area contributed by atoms with Crippen molar-refractivity contribution in [3.63, 3.8) is 0 Å². The van der Waals surface area contributed by atoms with Crippen molar-refractivity contribution in [3.05, 3.63) is 29.3 Å². The van der Waals surface area contributed by atoms with Gasteiger partial charge >= 0.3 is 0 Å². The van der Waals surface area contributed by atoms with E-state index in [0.29, 0.717) is 19.3 Å². The summed E-state index contributed by atoms with van der Waals surface area (Å²) in [6.45, 7) is 12.8. The highest BCUT2D eigenvalue weighted by molar-refractivity contribution is 5.38. The Morgan fingerprint density at radius 2 is 1.90 bits per heavy atom. The van der Waals surface area contributed by atoms with Gasteiger partial charge in [0, 0.05) is 11.6 Å². The van der Waals surface area contributed by atoms with Gasteiger partial charge in [-0.2, -0.15) is 0 Å². The van der Waals surface area contributed by atoms with Gasteiger partial charge in [0.15, 0.2) is 0 Å². The lowest BCUT2D eigenvalue weighted by Gasteiger charge is -2.18. The second kappa shape index (κ2) is 8.98. The summed E-state index contributed by atoms with van der Waals surface area (Å²) in [5, 5.41) is 3.43. The van der Waals surface area contributed by atoms with Gasteiger partial charge in [-0.1, -0.05) is 19.9 Å². The number of rotatable bonds is 9. The van der Waals surface area contributed by atoms with E-state index in [1.807, 2.05) is 6.92 Å². The zero-order valence-electron chi connectivity index (χ0n) is 13.5. The van der Waals surface area contributed by atoms with Gasteiger partial charge in [0.1, 0.15) is 5.75 Å². The molecule has 0 heterocycles. The topological polar surface area (TPSA) is 30.5 Å². The Hall–Kier alpha value is -1.06. The lowest BCUT2D eigenvalue weighted by Crippen LogP contribution is -2.18. The van der Waals surface area contributed by atoms with Crippen LogP contribution in [0.25, 0.3) is 0 Å². The van der Waals surface area contributed by atoms with Crippen molar-refractivity contribution in [2.24, 2.45) is 0 Å². The van der Waals surface area contributed by atoms with Crippen LogP contribution in [0, 0.1) is 0 Å². The van der Waals surface area contributed by atoms with Crippen molar-refractivity contribution in [2.75, 3.05) is 13.2 Å². The molecule has 3 heteroatoms. The first-order valence-corrected chi connectivity index (χ1v) is 7.72. The smallest absolute Gasteiger partial charge is 0.124 e. The molecule has 0 saturated carbocycles. The Bertz CT molecular complexity index is 393. The summed E-state index contributed by atoms with van der Waals surface area (Å²) in [7, 11) is 0. The third kappa shape index (κ3) is 5.14. The minimum atomic E-state index is 0.277. The van der Waals surface area contributed by atoms with Gasteiger partial charge in [0.25, 0.3) is 0 Å². The second-order valence-corrected chi connectivity index (χ2v) is 5.11. The van der Waals surface area contributed by atoms with Crippen LogP contribution in [0.3, 0.4) is 0 Å². The molecule has 1 N–H and O–H groups in total. The molecule has 2 unspecified atom stereocenters. The van der Waals surface area contributed by atoms with E-state index in [-0.39, 0.29) is 6.10 Å². The van der Waals surface area contributed by atoms with Crippen LogP contribution in [-0.2, 0) is 11.3 Å². The van der Waals surface area contributed by atoms with Crippen LogP contribution < -0.4 is 10.1 Å². The van der Waals surface area contributed by atoms with Gasteiger partial charge in [0.05, 0.1) is 19.3 Å². The summed E-state index contributed by atoms with van der Waals surface area (Å²) < 4.78 is 11.6. The van der Waals surface area contributed by atoms with E-state index >= 15 is 0 Å². The molecule has 0 fully saturated rings. The Kier molecular flexibility index (Phi) is 7.63. The Balaban J connectivity index is 2.87. The highest BCUT2D eigenvalue weighted by Crippen LogP contribution is 2.25. The van der Waals surface area contributed by atoms with Crippen LogP contribution in [-0.4, -0.2) is 19.3 Å². The van der Waals surface area contributed by atoms with E-state index < -0.39 is 0 Å². The average molecular weight is 279 g/mol. The standard InChI is InChI=1S/C17H29NO2/c1-6-13(4)20-12-16-11-15(14(5)18-7-2)9-10-17(16)19-8-3/h9-11,13-14,18H,6-8,12H2,1-5H3. The number of benzene rings is 1. The molecule has 0 bridgehead atoms. The third-order valence-corrected chi connectivity index (χ3v) is 3.49. The fourth-order valence-corrected chi connectivity index (χ4v) is 2.05. The Labute approximate surface area is 123 Å². The van der Waals surface area contributed by atoms with Gasteiger partial charge in [-0.3, -0.25) is 0 Å². The summed E-state index contributed by atoms with van der Waals surface area (Å²) in [5.41, 5.74) is 2.41. The molecule has 0 aliphatic carbocycles. The molecule has 3 nitrogen and oxygen atoms in total. The zero-order chi connectivity index (χ0) is 15.0. The highest BCUT2D eigenvalue weighted by Gasteiger charge is 2.10. The monoisotopic (exact) mass is 279 g/mol. The van der Waals surface area contributed by atoms with Gasteiger partial charge in [-0.15, -0.1) is 0 Å². The minimum absolute atomic E-state index is 0.277. The fraction of sp³-hybridized carbons (Fsp3) is 0.647. The molecule has 1 aromatic carbocycles. The molecule has 0 aliphatic heterocycles. The molecule has 114 valence electrons. The minimum Gasteiger partial charge on any atom is -0.494 e. The van der Waals surface area contributed by atoms with Crippen LogP contribution in [0.5, 0.6) is 5.75 Å². The summed E-state index contributed by atoms with van der Waals surface area (Å²) in [4.78, 5) is 0. The lowest BCUT2D eigenvalue weighted by atomic mass is 10.0. The second-order valence-electron chi connectivity index (χ2n) is 5.11. The first-order valence-electron chi connectivity index (χ1n) is 7.72. The van der Waals surface area contributed by atoms with Crippen LogP contribution in [0.4, 0.5) is 0 Å². The predicted molar refractivity (Wildman–Crippen MR) is 84.2 cm³/mol. The van der Waals surface area contributed by atoms with Crippen LogP contribution >= 0.6 is 0 Å². The van der Waals surface area contributed by atoms with Crippen LogP contribution in [0.1, 0.15) is 58.2 Å². The number of nitrogens with one attached hydrogen (secondary N) is 1. The van der Waals surface area contributed by atoms with E-state index in [0.717, 1.165) is 24.3 Å². The summed E-state index contributed by atoms with van der Waals surface area (Å²) in [6.07, 6.45) is 1.30. The maximum atomic E-state index is 5.86. The molecule has 0 amide bonds. The summed E-state index contributed by atoms with van der Waals surface area (Å²) in [5.74, 6) is 0.934. The molecule has 1 aromatic rings. The number of hydrogen-bond donors (Lipinski definition) is 1. The molecular weight excluding hydrogens is 250 g/mol. The van der Waals surface area contributed by atoms with E-state index in [4.69, 9.17) is 9.47 Å². The maximum Gasteiger partial charge on any atom is 0.124 e. The number of ether oxygens (including phenoxy) is 2. The Morgan fingerprint density at radius 3 is 2.50 bits per heavy atom. The molecule has 0 spiro atoms. The first-order chi connectivity index (χ1) is 9.62. The molecule has 2 atom stereocenters. The summed E-state index contributed by atoms with van der Waals surface area (Å²) >= 11 is 0. The first kappa shape index (κ1) is 17.0. The van der Waals surface area contributed by atoms with Gasteiger partial charge < -0.3 is 14.8 Å². The Morgan fingerprint density at radius 1 is 1.15 bits per heavy atom. The van der Waals surface area contributed by atoms with Gasteiger partial charge in [-0.25, -0.2) is 0 Å². The van der Waals surface area contributed by atoms with Crippen molar-refractivity contribution in [3.8, 4) is 5.75 Å². The van der Waals surface area contributed by atoms with Crippen molar-refractivity contribution in [1.29, 1.82) is 0 Å². The van der Waals surface area contributed by atoms with Crippen molar-refractivity contribution >= 4 is 0 Å². The molecule has 0 radical (unpaired) electrons. The molecule has 0 saturated heterocycles. The van der Waals surface area contributed by atoms with Crippen molar-refractivity contribution < 1.29 is 9.47 Å². The fourth-order valence-electron chi connectivity index (χ4n) is 2.05. The van der Waals surface area contributed by atoms with E-state index in [1.54, 1.807) is 0 Å². The van der Waals surface area contributed by atoms with Crippen LogP contribution in [0.2, 0.25) is 0 Å². The largest absolute Gasteiger partial charge is 0.494 e. The van der Waals surface area contributed by atoms with E-state index in [1.165, 1.54) is 5.56 Å². The maximum absolute atomic E-state index is 5.86. The van der Waals surface area contributed by atoms with Gasteiger partial charge in [-0.05, 0) is 51.4 Å². The molecule has 20 heavy (non-hydrogen) atoms. The van der Waals surface area contributed by atoms with Crippen LogP contribution in [0.15, 0.2) is 18.2 Å². The van der Waals surface area contributed by atoms with Gasteiger partial charge in [0.2, 0.25) is 0 Å². The van der Waals surface area contributed by atoms with E-state index in [9.17, 15) is 0 Å². The molecular formula is C17H29NO2. The lowest BCUT2D eigenvalue weighted by molar-refractivity contribution is 0.0494. The van der Waals surface area contributed by atoms with Crippen molar-refractivity contribution in [2.45, 2.75) is 59.8 Å². The predicted octanol–water partition coefficient (Wildman–Crippen LogP) is 4.07. The van der Waals surface area contributed by atoms with Crippen molar-refractivity contribution in [1.82, 2.24) is 5.32 Å². The summed E-state index contributed by atoms with van der Waals surface area (Å²) in [6, 6.07) is 6.73. The third-order valence-electron chi connectivity index (χ3n) is 3.49. The SMILES string of the molecule is CCNC(C)c1ccc(OCC)c(COC(C)CC)c1. The number of hydrogen-bond acceptors (Lipinski definition) is 3. The normalized spacial score (nSPS) is 14.1.